The van der Waals surface area contributed by atoms with E-state index in [4.69, 9.17) is 10.4 Å². The summed E-state index contributed by atoms with van der Waals surface area (Å²) in [7, 11) is 0. The Morgan fingerprint density at radius 2 is 2.12 bits per heavy atom. The molecule has 0 bridgehead atoms. The molecular formula is C13H19N3O. The van der Waals surface area contributed by atoms with Gasteiger partial charge in [-0.05, 0) is 45.7 Å². The minimum atomic E-state index is -0.284. The number of rotatable bonds is 4. The lowest BCUT2D eigenvalue weighted by atomic mass is 10.0. The normalized spacial score (nSPS) is 11.1. The molecule has 0 radical (unpaired) electrons. The van der Waals surface area contributed by atoms with Crippen LogP contribution in [0, 0.1) is 25.2 Å². The number of pyridine rings is 1. The highest BCUT2D eigenvalue weighted by Crippen LogP contribution is 2.22. The van der Waals surface area contributed by atoms with Gasteiger partial charge in [0.15, 0.2) is 0 Å². The molecule has 2 N–H and O–H groups in total. The number of nitrogens with one attached hydrogen (secondary N) is 1. The minimum Gasteiger partial charge on any atom is -0.396 e. The first-order valence-electron chi connectivity index (χ1n) is 5.67. The van der Waals surface area contributed by atoms with Crippen molar-refractivity contribution in [2.24, 2.45) is 0 Å². The summed E-state index contributed by atoms with van der Waals surface area (Å²) in [6.07, 6.45) is 0.604. The number of aliphatic hydroxyl groups is 1. The molecule has 0 aliphatic carbocycles. The van der Waals surface area contributed by atoms with E-state index in [1.807, 2.05) is 33.8 Å². The summed E-state index contributed by atoms with van der Waals surface area (Å²) in [4.78, 5) is 4.36. The van der Waals surface area contributed by atoms with Gasteiger partial charge >= 0.3 is 0 Å². The van der Waals surface area contributed by atoms with E-state index >= 15 is 0 Å². The average molecular weight is 233 g/mol. The minimum absolute atomic E-state index is 0.104. The first-order chi connectivity index (χ1) is 7.89. The van der Waals surface area contributed by atoms with Crippen molar-refractivity contribution in [1.82, 2.24) is 4.98 Å². The van der Waals surface area contributed by atoms with Crippen LogP contribution in [0.5, 0.6) is 0 Å². The molecule has 1 heterocycles. The van der Waals surface area contributed by atoms with Crippen LogP contribution >= 0.6 is 0 Å². The molecule has 1 aromatic rings. The number of aliphatic hydroxyl groups excluding tert-OH is 1. The van der Waals surface area contributed by atoms with Crippen molar-refractivity contribution in [3.8, 4) is 6.07 Å². The van der Waals surface area contributed by atoms with Crippen molar-refractivity contribution in [2.45, 2.75) is 39.7 Å². The summed E-state index contributed by atoms with van der Waals surface area (Å²) in [5.41, 5.74) is 2.08. The molecule has 0 fully saturated rings. The predicted octanol–water partition coefficient (Wildman–Crippen LogP) is 2.14. The number of hydrogen-bond donors (Lipinski definition) is 2. The highest BCUT2D eigenvalue weighted by Gasteiger charge is 2.20. The third-order valence-electron chi connectivity index (χ3n) is 2.65. The molecule has 0 unspecified atom stereocenters. The van der Waals surface area contributed by atoms with Crippen LogP contribution < -0.4 is 5.32 Å². The molecular weight excluding hydrogens is 214 g/mol. The van der Waals surface area contributed by atoms with Gasteiger partial charge in [0.2, 0.25) is 0 Å². The van der Waals surface area contributed by atoms with E-state index < -0.39 is 0 Å². The molecule has 0 aliphatic heterocycles. The lowest BCUT2D eigenvalue weighted by Crippen LogP contribution is -2.33. The second-order valence-electron chi connectivity index (χ2n) is 4.90. The van der Waals surface area contributed by atoms with Gasteiger partial charge in [-0.2, -0.15) is 5.26 Å². The zero-order valence-electron chi connectivity index (χ0n) is 10.8. The molecule has 0 spiro atoms. The van der Waals surface area contributed by atoms with Crippen molar-refractivity contribution < 1.29 is 5.11 Å². The van der Waals surface area contributed by atoms with E-state index in [9.17, 15) is 0 Å². The number of aryl methyl sites for hydroxylation is 2. The van der Waals surface area contributed by atoms with Gasteiger partial charge in [-0.25, -0.2) is 4.98 Å². The summed E-state index contributed by atoms with van der Waals surface area (Å²) >= 11 is 0. The lowest BCUT2D eigenvalue weighted by molar-refractivity contribution is 0.260. The second kappa shape index (κ2) is 5.15. The number of aromatic nitrogens is 1. The Kier molecular flexibility index (Phi) is 4.08. The smallest absolute Gasteiger partial charge is 0.144 e. The Labute approximate surface area is 102 Å². The van der Waals surface area contributed by atoms with Crippen LogP contribution in [-0.2, 0) is 0 Å². The number of anilines is 1. The van der Waals surface area contributed by atoms with Crippen LogP contribution in [0.15, 0.2) is 6.07 Å². The van der Waals surface area contributed by atoms with Gasteiger partial charge < -0.3 is 10.4 Å². The van der Waals surface area contributed by atoms with Crippen LogP contribution in [-0.4, -0.2) is 22.2 Å². The number of nitriles is 1. The van der Waals surface area contributed by atoms with Crippen LogP contribution in [0.2, 0.25) is 0 Å². The zero-order valence-corrected chi connectivity index (χ0v) is 10.8. The van der Waals surface area contributed by atoms with E-state index in [2.05, 4.69) is 16.4 Å². The lowest BCUT2D eigenvalue weighted by Gasteiger charge is -2.27. The summed E-state index contributed by atoms with van der Waals surface area (Å²) in [5.74, 6) is 0.600. The molecule has 4 heteroatoms. The molecule has 1 aromatic heterocycles. The average Bonchev–Trinajstić information content (AvgIpc) is 2.15. The van der Waals surface area contributed by atoms with Gasteiger partial charge in [-0.3, -0.25) is 0 Å². The second-order valence-corrected chi connectivity index (χ2v) is 4.90. The van der Waals surface area contributed by atoms with E-state index in [1.54, 1.807) is 0 Å². The summed E-state index contributed by atoms with van der Waals surface area (Å²) in [5, 5.41) is 21.4. The zero-order chi connectivity index (χ0) is 13.1. The number of hydrogen-bond acceptors (Lipinski definition) is 4. The Morgan fingerprint density at radius 1 is 1.47 bits per heavy atom. The van der Waals surface area contributed by atoms with Crippen molar-refractivity contribution in [1.29, 1.82) is 5.26 Å². The monoisotopic (exact) mass is 233 g/mol. The fourth-order valence-electron chi connectivity index (χ4n) is 1.73. The quantitative estimate of drug-likeness (QED) is 0.836. The molecule has 92 valence electrons. The molecule has 1 rings (SSSR count). The standard InChI is InChI=1S/C13H19N3O/c1-9-7-10(2)15-12(11(9)8-14)16-13(3,4)5-6-17/h7,17H,5-6H2,1-4H3,(H,15,16). The first-order valence-corrected chi connectivity index (χ1v) is 5.67. The summed E-state index contributed by atoms with van der Waals surface area (Å²) in [6.45, 7) is 7.86. The number of nitrogens with zero attached hydrogens (tertiary/aromatic N) is 2. The van der Waals surface area contributed by atoms with Crippen LogP contribution in [0.25, 0.3) is 0 Å². The Morgan fingerprint density at radius 3 is 2.65 bits per heavy atom. The Bertz CT molecular complexity index is 447. The molecule has 0 aliphatic rings. The van der Waals surface area contributed by atoms with Crippen LogP contribution in [0.4, 0.5) is 5.82 Å². The molecule has 0 saturated carbocycles. The SMILES string of the molecule is Cc1cc(C)c(C#N)c(NC(C)(C)CCO)n1. The van der Waals surface area contributed by atoms with Gasteiger partial charge in [-0.15, -0.1) is 0 Å². The molecule has 17 heavy (non-hydrogen) atoms. The maximum Gasteiger partial charge on any atom is 0.144 e. The Balaban J connectivity index is 3.10. The predicted molar refractivity (Wildman–Crippen MR) is 67.8 cm³/mol. The molecule has 0 aromatic carbocycles. The van der Waals surface area contributed by atoms with Gasteiger partial charge in [0.1, 0.15) is 11.9 Å². The van der Waals surface area contributed by atoms with Crippen molar-refractivity contribution >= 4 is 5.82 Å². The third-order valence-corrected chi connectivity index (χ3v) is 2.65. The molecule has 0 amide bonds. The summed E-state index contributed by atoms with van der Waals surface area (Å²) < 4.78 is 0. The molecule has 0 atom stereocenters. The third kappa shape index (κ3) is 3.43. The van der Waals surface area contributed by atoms with E-state index in [0.717, 1.165) is 11.3 Å². The largest absolute Gasteiger partial charge is 0.396 e. The first kappa shape index (κ1) is 13.5. The maximum absolute atomic E-state index is 9.14. The molecule has 0 saturated heterocycles. The van der Waals surface area contributed by atoms with Crippen LogP contribution in [0.3, 0.4) is 0 Å². The van der Waals surface area contributed by atoms with E-state index in [-0.39, 0.29) is 12.1 Å². The van der Waals surface area contributed by atoms with E-state index in [1.165, 1.54) is 0 Å². The van der Waals surface area contributed by atoms with Gasteiger partial charge in [0, 0.05) is 17.8 Å². The highest BCUT2D eigenvalue weighted by molar-refractivity contribution is 5.57. The van der Waals surface area contributed by atoms with Crippen LogP contribution in [0.1, 0.15) is 37.1 Å². The van der Waals surface area contributed by atoms with Gasteiger partial charge in [0.05, 0.1) is 5.56 Å². The van der Waals surface area contributed by atoms with E-state index in [0.29, 0.717) is 17.8 Å². The Hall–Kier alpha value is -1.60. The topological polar surface area (TPSA) is 68.9 Å². The highest BCUT2D eigenvalue weighted by atomic mass is 16.3. The van der Waals surface area contributed by atoms with Crippen molar-refractivity contribution in [3.63, 3.8) is 0 Å². The maximum atomic E-state index is 9.14. The van der Waals surface area contributed by atoms with Crippen molar-refractivity contribution in [2.75, 3.05) is 11.9 Å². The summed E-state index contributed by atoms with van der Waals surface area (Å²) in [6, 6.07) is 4.06. The molecule has 4 nitrogen and oxygen atoms in total. The fourth-order valence-corrected chi connectivity index (χ4v) is 1.73. The van der Waals surface area contributed by atoms with Crippen molar-refractivity contribution in [3.05, 3.63) is 22.9 Å². The van der Waals surface area contributed by atoms with Gasteiger partial charge in [0.25, 0.3) is 0 Å². The van der Waals surface area contributed by atoms with Gasteiger partial charge in [-0.1, -0.05) is 0 Å². The fraction of sp³-hybridized carbons (Fsp3) is 0.538.